The third kappa shape index (κ3) is 2.96. The first kappa shape index (κ1) is 16.3. The van der Waals surface area contributed by atoms with Crippen molar-refractivity contribution in [3.63, 3.8) is 0 Å². The minimum absolute atomic E-state index is 0.0544. The Labute approximate surface area is 155 Å². The number of amides is 1. The number of H-pyrrole nitrogens is 1. The number of hydrogen-bond acceptors (Lipinski definition) is 2. The molecule has 0 radical (unpaired) electrons. The Morgan fingerprint density at radius 3 is 2.76 bits per heavy atom. The molecule has 0 fully saturated rings. The van der Waals surface area contributed by atoms with Gasteiger partial charge in [0.05, 0.1) is 17.2 Å². The largest absolute Gasteiger partial charge is 0.497 e. The molecule has 0 bridgehead atoms. The number of halogens is 2. The second kappa shape index (κ2) is 6.28. The van der Waals surface area contributed by atoms with Crippen LogP contribution in [0.1, 0.15) is 21.6 Å². The van der Waals surface area contributed by atoms with E-state index in [9.17, 15) is 4.79 Å². The van der Waals surface area contributed by atoms with Gasteiger partial charge in [0.15, 0.2) is 0 Å². The fourth-order valence-corrected chi connectivity index (χ4v) is 3.69. The molecule has 1 amide bonds. The Balaban J connectivity index is 1.53. The Morgan fingerprint density at radius 2 is 2.00 bits per heavy atom. The number of ether oxygens (including phenoxy) is 1. The normalized spacial score (nSPS) is 16.0. The summed E-state index contributed by atoms with van der Waals surface area (Å²) in [5, 5.41) is 5.05. The number of aromatic nitrogens is 1. The second-order valence-electron chi connectivity index (χ2n) is 6.20. The molecule has 6 heteroatoms. The fraction of sp³-hybridized carbons (Fsp3) is 0.211. The van der Waals surface area contributed by atoms with E-state index < -0.39 is 0 Å². The first-order chi connectivity index (χ1) is 12.0. The smallest absolute Gasteiger partial charge is 0.251 e. The average molecular weight is 375 g/mol. The van der Waals surface area contributed by atoms with Crippen LogP contribution < -0.4 is 10.1 Å². The van der Waals surface area contributed by atoms with Gasteiger partial charge in [-0.15, -0.1) is 0 Å². The summed E-state index contributed by atoms with van der Waals surface area (Å²) < 4.78 is 5.31. The Hall–Kier alpha value is -2.17. The number of hydrogen-bond donors (Lipinski definition) is 2. The van der Waals surface area contributed by atoms with Crippen molar-refractivity contribution in [3.8, 4) is 5.75 Å². The van der Waals surface area contributed by atoms with Crippen LogP contribution in [0.15, 0.2) is 36.4 Å². The second-order valence-corrected chi connectivity index (χ2v) is 7.02. The molecular weight excluding hydrogens is 359 g/mol. The molecule has 3 aromatic rings. The summed E-state index contributed by atoms with van der Waals surface area (Å²) in [6, 6.07) is 11.0. The lowest BCUT2D eigenvalue weighted by Gasteiger charge is -2.13. The van der Waals surface area contributed by atoms with Gasteiger partial charge in [-0.05, 0) is 48.4 Å². The van der Waals surface area contributed by atoms with Crippen molar-refractivity contribution in [2.75, 3.05) is 7.11 Å². The van der Waals surface area contributed by atoms with Gasteiger partial charge < -0.3 is 15.0 Å². The molecule has 4 rings (SSSR count). The van der Waals surface area contributed by atoms with Crippen molar-refractivity contribution in [1.82, 2.24) is 10.3 Å². The van der Waals surface area contributed by atoms with Gasteiger partial charge in [0.1, 0.15) is 5.75 Å². The number of benzene rings is 2. The lowest BCUT2D eigenvalue weighted by molar-refractivity contribution is 0.0938. The summed E-state index contributed by atoms with van der Waals surface area (Å²) >= 11 is 11.9. The molecule has 1 atom stereocenters. The minimum atomic E-state index is -0.143. The van der Waals surface area contributed by atoms with Gasteiger partial charge >= 0.3 is 0 Å². The Morgan fingerprint density at radius 1 is 1.16 bits per heavy atom. The van der Waals surface area contributed by atoms with Crippen molar-refractivity contribution in [3.05, 3.63) is 63.3 Å². The summed E-state index contributed by atoms with van der Waals surface area (Å²) in [7, 11) is 1.66. The molecule has 0 saturated carbocycles. The molecule has 2 aromatic carbocycles. The van der Waals surface area contributed by atoms with E-state index in [1.807, 2.05) is 18.2 Å². The van der Waals surface area contributed by atoms with Crippen LogP contribution >= 0.6 is 23.2 Å². The predicted molar refractivity (Wildman–Crippen MR) is 100.0 cm³/mol. The van der Waals surface area contributed by atoms with Crippen LogP contribution in [0.25, 0.3) is 10.9 Å². The zero-order chi connectivity index (χ0) is 17.6. The summed E-state index contributed by atoms with van der Waals surface area (Å²) in [5.41, 5.74) is 4.02. The quantitative estimate of drug-likeness (QED) is 0.714. The number of fused-ring (bicyclic) bond motifs is 3. The third-order valence-electron chi connectivity index (χ3n) is 4.62. The highest BCUT2D eigenvalue weighted by Crippen LogP contribution is 2.32. The van der Waals surface area contributed by atoms with Crippen molar-refractivity contribution in [2.45, 2.75) is 18.9 Å². The number of carbonyl (C=O) groups is 1. The van der Waals surface area contributed by atoms with E-state index in [2.05, 4.69) is 10.3 Å². The molecule has 1 aliphatic rings. The highest BCUT2D eigenvalue weighted by Gasteiger charge is 2.27. The summed E-state index contributed by atoms with van der Waals surface area (Å²) in [6.07, 6.45) is 1.56. The number of rotatable bonds is 3. The van der Waals surface area contributed by atoms with Crippen LogP contribution in [-0.4, -0.2) is 24.0 Å². The lowest BCUT2D eigenvalue weighted by atomic mass is 10.1. The van der Waals surface area contributed by atoms with Gasteiger partial charge in [0, 0.05) is 34.6 Å². The number of aromatic amines is 1. The Bertz CT molecular complexity index is 981. The summed E-state index contributed by atoms with van der Waals surface area (Å²) in [4.78, 5) is 15.9. The summed E-state index contributed by atoms with van der Waals surface area (Å²) in [6.45, 7) is 0. The van der Waals surface area contributed by atoms with E-state index in [1.54, 1.807) is 25.3 Å². The van der Waals surface area contributed by atoms with Crippen LogP contribution in [0.5, 0.6) is 5.75 Å². The molecule has 0 saturated heterocycles. The molecule has 25 heavy (non-hydrogen) atoms. The topological polar surface area (TPSA) is 54.1 Å². The first-order valence-corrected chi connectivity index (χ1v) is 8.74. The summed E-state index contributed by atoms with van der Waals surface area (Å²) in [5.74, 6) is 0.688. The van der Waals surface area contributed by atoms with Crippen LogP contribution in [0.2, 0.25) is 10.0 Å². The molecule has 1 aliphatic carbocycles. The van der Waals surface area contributed by atoms with E-state index in [0.717, 1.165) is 29.5 Å². The maximum absolute atomic E-state index is 12.5. The van der Waals surface area contributed by atoms with Crippen molar-refractivity contribution < 1.29 is 9.53 Å². The van der Waals surface area contributed by atoms with Crippen LogP contribution in [-0.2, 0) is 12.8 Å². The van der Waals surface area contributed by atoms with Gasteiger partial charge in [-0.25, -0.2) is 0 Å². The molecule has 0 spiro atoms. The predicted octanol–water partition coefficient (Wildman–Crippen LogP) is 4.38. The van der Waals surface area contributed by atoms with Crippen molar-refractivity contribution >= 4 is 40.0 Å². The molecule has 0 aliphatic heterocycles. The average Bonchev–Trinajstić information content (AvgIpc) is 3.13. The molecule has 1 unspecified atom stereocenters. The highest BCUT2D eigenvalue weighted by molar-refractivity contribution is 6.42. The molecule has 4 nitrogen and oxygen atoms in total. The number of methoxy groups -OCH3 is 1. The van der Waals surface area contributed by atoms with Gasteiger partial charge in [0.2, 0.25) is 0 Å². The molecule has 2 N–H and O–H groups in total. The third-order valence-corrected chi connectivity index (χ3v) is 5.36. The van der Waals surface area contributed by atoms with E-state index in [0.29, 0.717) is 15.6 Å². The number of carbonyl (C=O) groups excluding carboxylic acids is 1. The van der Waals surface area contributed by atoms with E-state index in [1.165, 1.54) is 11.3 Å². The fourth-order valence-electron chi connectivity index (χ4n) is 3.39. The zero-order valence-corrected chi connectivity index (χ0v) is 15.0. The molecule has 1 heterocycles. The first-order valence-electron chi connectivity index (χ1n) is 7.98. The van der Waals surface area contributed by atoms with E-state index in [4.69, 9.17) is 27.9 Å². The maximum atomic E-state index is 12.5. The molecular formula is C19H16Cl2N2O2. The minimum Gasteiger partial charge on any atom is -0.497 e. The standard InChI is InChI=1S/C19H16Cl2N2O2/c1-25-12-3-5-17-14(9-12)13-7-11(8-18(13)23-17)22-19(24)10-2-4-15(20)16(21)6-10/h2-6,9,11,23H,7-8H2,1H3,(H,22,24). The lowest BCUT2D eigenvalue weighted by Crippen LogP contribution is -2.35. The number of nitrogens with one attached hydrogen (secondary N) is 2. The van der Waals surface area contributed by atoms with Gasteiger partial charge in [0.25, 0.3) is 5.91 Å². The highest BCUT2D eigenvalue weighted by atomic mass is 35.5. The molecule has 128 valence electrons. The van der Waals surface area contributed by atoms with Gasteiger partial charge in [-0.2, -0.15) is 0 Å². The van der Waals surface area contributed by atoms with E-state index >= 15 is 0 Å². The van der Waals surface area contributed by atoms with Crippen molar-refractivity contribution in [2.24, 2.45) is 0 Å². The van der Waals surface area contributed by atoms with E-state index in [-0.39, 0.29) is 11.9 Å². The SMILES string of the molecule is COc1ccc2[nH]c3c(c2c1)CC(NC(=O)c1ccc(Cl)c(Cl)c1)C3. The van der Waals surface area contributed by atoms with Crippen LogP contribution in [0.3, 0.4) is 0 Å². The van der Waals surface area contributed by atoms with Gasteiger partial charge in [-0.3, -0.25) is 4.79 Å². The maximum Gasteiger partial charge on any atom is 0.251 e. The van der Waals surface area contributed by atoms with Gasteiger partial charge in [-0.1, -0.05) is 23.2 Å². The zero-order valence-electron chi connectivity index (χ0n) is 13.5. The van der Waals surface area contributed by atoms with Crippen LogP contribution in [0.4, 0.5) is 0 Å². The van der Waals surface area contributed by atoms with Crippen LogP contribution in [0, 0.1) is 0 Å². The monoisotopic (exact) mass is 374 g/mol. The van der Waals surface area contributed by atoms with Crippen molar-refractivity contribution in [1.29, 1.82) is 0 Å². The molecule has 1 aromatic heterocycles. The Kier molecular flexibility index (Phi) is 4.10.